The van der Waals surface area contributed by atoms with Crippen molar-refractivity contribution in [2.24, 2.45) is 0 Å². The summed E-state index contributed by atoms with van der Waals surface area (Å²) < 4.78 is 0.674. The van der Waals surface area contributed by atoms with Crippen molar-refractivity contribution in [1.82, 2.24) is 9.55 Å². The molecule has 10 heteroatoms. The quantitative estimate of drug-likeness (QED) is 0.419. The molecule has 0 saturated carbocycles. The highest BCUT2D eigenvalue weighted by Gasteiger charge is 2.17. The number of aliphatic hydroxyl groups is 1. The van der Waals surface area contributed by atoms with Crippen molar-refractivity contribution >= 4 is 11.7 Å². The minimum atomic E-state index is -1.40. The van der Waals surface area contributed by atoms with E-state index >= 15 is 0 Å². The topological polar surface area (TPSA) is 156 Å². The summed E-state index contributed by atoms with van der Waals surface area (Å²) in [6.07, 6.45) is -1.36. The molecule has 0 fully saturated rings. The molecular weight excluding hydrogens is 250 g/mol. The summed E-state index contributed by atoms with van der Waals surface area (Å²) in [6.45, 7) is -0.469. The third kappa shape index (κ3) is 3.25. The van der Waals surface area contributed by atoms with E-state index in [2.05, 4.69) is 0 Å². The van der Waals surface area contributed by atoms with Gasteiger partial charge in [0.05, 0.1) is 30.2 Å². The Hall–Kier alpha value is -2.49. The van der Waals surface area contributed by atoms with Gasteiger partial charge in [0.2, 0.25) is 0 Å². The van der Waals surface area contributed by atoms with E-state index in [9.17, 15) is 29.6 Å². The largest absolute Gasteiger partial charge is 0.481 e. The smallest absolute Gasteiger partial charge is 0.350 e. The number of nitrogens with one attached hydrogen (secondary N) is 1. The molecule has 98 valence electrons. The SMILES string of the molecule is O=C(O)CC(O)Cn1cc([N+](=O)[O-])c(=O)[nH]c1=O. The number of aromatic nitrogens is 2. The molecule has 3 N–H and O–H groups in total. The normalized spacial score (nSPS) is 12.1. The van der Waals surface area contributed by atoms with E-state index in [1.165, 1.54) is 0 Å². The molecule has 0 aliphatic heterocycles. The molecule has 0 aliphatic carbocycles. The second-order valence-electron chi connectivity index (χ2n) is 3.43. The van der Waals surface area contributed by atoms with Crippen molar-refractivity contribution in [3.63, 3.8) is 0 Å². The predicted octanol–water partition coefficient (Wildman–Crippen LogP) is -1.72. The molecule has 1 unspecified atom stereocenters. The number of nitrogens with zero attached hydrogens (tertiary/aromatic N) is 2. The molecule has 0 spiro atoms. The van der Waals surface area contributed by atoms with E-state index in [1.807, 2.05) is 0 Å². The van der Waals surface area contributed by atoms with Gasteiger partial charge >= 0.3 is 22.9 Å². The van der Waals surface area contributed by atoms with Crippen molar-refractivity contribution in [2.45, 2.75) is 19.1 Å². The molecule has 1 heterocycles. The van der Waals surface area contributed by atoms with Gasteiger partial charge in [-0.1, -0.05) is 0 Å². The fraction of sp³-hybridized carbons (Fsp3) is 0.375. The van der Waals surface area contributed by atoms with Crippen molar-refractivity contribution in [3.05, 3.63) is 37.1 Å². The number of carbonyl (C=O) groups is 1. The van der Waals surface area contributed by atoms with Crippen LogP contribution in [-0.2, 0) is 11.3 Å². The van der Waals surface area contributed by atoms with Gasteiger partial charge in [-0.3, -0.25) is 29.3 Å². The number of rotatable bonds is 5. The van der Waals surface area contributed by atoms with Crippen LogP contribution in [0.2, 0.25) is 0 Å². The highest BCUT2D eigenvalue weighted by Crippen LogP contribution is 2.01. The van der Waals surface area contributed by atoms with Crippen LogP contribution in [0, 0.1) is 10.1 Å². The number of carboxylic acids is 1. The van der Waals surface area contributed by atoms with Crippen LogP contribution in [0.15, 0.2) is 15.8 Å². The van der Waals surface area contributed by atoms with Crippen LogP contribution in [0.4, 0.5) is 5.69 Å². The van der Waals surface area contributed by atoms with Gasteiger partial charge in [-0.05, 0) is 0 Å². The zero-order chi connectivity index (χ0) is 13.9. The number of hydrogen-bond acceptors (Lipinski definition) is 6. The Morgan fingerprint density at radius 1 is 1.56 bits per heavy atom. The third-order valence-corrected chi connectivity index (χ3v) is 2.01. The summed E-state index contributed by atoms with van der Waals surface area (Å²) in [5.41, 5.74) is -2.99. The van der Waals surface area contributed by atoms with Crippen molar-refractivity contribution in [1.29, 1.82) is 0 Å². The average molecular weight is 259 g/mol. The Labute approximate surface area is 98.3 Å². The number of aliphatic carboxylic acids is 1. The van der Waals surface area contributed by atoms with Crippen LogP contribution in [0.25, 0.3) is 0 Å². The Morgan fingerprint density at radius 3 is 2.67 bits per heavy atom. The van der Waals surface area contributed by atoms with Gasteiger partial charge in [0.1, 0.15) is 0 Å². The van der Waals surface area contributed by atoms with E-state index in [0.717, 1.165) is 0 Å². The van der Waals surface area contributed by atoms with Gasteiger partial charge in [-0.2, -0.15) is 0 Å². The molecule has 0 aromatic carbocycles. The summed E-state index contributed by atoms with van der Waals surface area (Å²) in [5.74, 6) is -1.28. The third-order valence-electron chi connectivity index (χ3n) is 2.01. The molecule has 0 aliphatic rings. The van der Waals surface area contributed by atoms with Crippen LogP contribution in [0.5, 0.6) is 0 Å². The first-order chi connectivity index (χ1) is 8.31. The Morgan fingerprint density at radius 2 is 2.17 bits per heavy atom. The number of H-pyrrole nitrogens is 1. The van der Waals surface area contributed by atoms with Crippen LogP contribution in [0.1, 0.15) is 6.42 Å². The van der Waals surface area contributed by atoms with Crippen LogP contribution < -0.4 is 11.2 Å². The van der Waals surface area contributed by atoms with Crippen LogP contribution >= 0.6 is 0 Å². The van der Waals surface area contributed by atoms with Crippen molar-refractivity contribution < 1.29 is 19.9 Å². The van der Waals surface area contributed by atoms with Gasteiger partial charge in [0.25, 0.3) is 0 Å². The summed E-state index contributed by atoms with van der Waals surface area (Å²) in [7, 11) is 0. The molecule has 1 aromatic heterocycles. The van der Waals surface area contributed by atoms with Gasteiger partial charge in [-0.15, -0.1) is 0 Å². The lowest BCUT2D eigenvalue weighted by Crippen LogP contribution is -2.34. The molecule has 10 nitrogen and oxygen atoms in total. The number of hydrogen-bond donors (Lipinski definition) is 3. The highest BCUT2D eigenvalue weighted by atomic mass is 16.6. The molecule has 1 atom stereocenters. The van der Waals surface area contributed by atoms with E-state index in [-0.39, 0.29) is 0 Å². The summed E-state index contributed by atoms with van der Waals surface area (Å²) in [4.78, 5) is 43.8. The fourth-order valence-electron chi connectivity index (χ4n) is 1.26. The maximum Gasteiger partial charge on any atom is 0.350 e. The zero-order valence-electron chi connectivity index (χ0n) is 8.90. The second-order valence-corrected chi connectivity index (χ2v) is 3.43. The first-order valence-corrected chi connectivity index (χ1v) is 4.69. The maximum atomic E-state index is 11.3. The number of aromatic amines is 1. The van der Waals surface area contributed by atoms with Crippen molar-refractivity contribution in [3.8, 4) is 0 Å². The monoisotopic (exact) mass is 259 g/mol. The number of carboxylic acid groups (broad SMARTS) is 1. The molecule has 18 heavy (non-hydrogen) atoms. The van der Waals surface area contributed by atoms with Gasteiger partial charge in [0, 0.05) is 0 Å². The molecule has 0 amide bonds. The van der Waals surface area contributed by atoms with E-state index in [1.54, 1.807) is 4.98 Å². The molecular formula is C8H9N3O7. The molecule has 0 bridgehead atoms. The first kappa shape index (κ1) is 13.6. The Bertz CT molecular complexity index is 587. The molecule has 0 saturated heterocycles. The standard InChI is InChI=1S/C8H9N3O7/c12-4(1-6(13)14)2-10-3-5(11(17)18)7(15)9-8(10)16/h3-4,12H,1-2H2,(H,13,14)(H,9,15,16). The van der Waals surface area contributed by atoms with Crippen LogP contribution in [-0.4, -0.2) is 36.8 Å². The van der Waals surface area contributed by atoms with Gasteiger partial charge < -0.3 is 10.2 Å². The first-order valence-electron chi connectivity index (χ1n) is 4.69. The van der Waals surface area contributed by atoms with E-state index < -0.39 is 46.9 Å². The minimum absolute atomic E-state index is 0.469. The average Bonchev–Trinajstić information content (AvgIpc) is 2.20. The Balaban J connectivity index is 3.06. The number of aliphatic hydroxyl groups excluding tert-OH is 1. The maximum absolute atomic E-state index is 11.3. The Kier molecular flexibility index (Phi) is 3.94. The lowest BCUT2D eigenvalue weighted by atomic mass is 10.2. The fourth-order valence-corrected chi connectivity index (χ4v) is 1.26. The minimum Gasteiger partial charge on any atom is -0.481 e. The zero-order valence-corrected chi connectivity index (χ0v) is 8.90. The lowest BCUT2D eigenvalue weighted by Gasteiger charge is -2.09. The molecule has 1 aromatic rings. The van der Waals surface area contributed by atoms with E-state index in [0.29, 0.717) is 10.8 Å². The van der Waals surface area contributed by atoms with Gasteiger partial charge in [0.15, 0.2) is 0 Å². The highest BCUT2D eigenvalue weighted by molar-refractivity contribution is 5.67. The molecule has 1 rings (SSSR count). The van der Waals surface area contributed by atoms with Crippen LogP contribution in [0.3, 0.4) is 0 Å². The lowest BCUT2D eigenvalue weighted by molar-refractivity contribution is -0.386. The van der Waals surface area contributed by atoms with Gasteiger partial charge in [-0.25, -0.2) is 4.79 Å². The summed E-state index contributed by atoms with van der Waals surface area (Å²) in [5, 5.41) is 28.2. The summed E-state index contributed by atoms with van der Waals surface area (Å²) in [6, 6.07) is 0. The van der Waals surface area contributed by atoms with Crippen molar-refractivity contribution in [2.75, 3.05) is 0 Å². The predicted molar refractivity (Wildman–Crippen MR) is 56.2 cm³/mol. The second kappa shape index (κ2) is 5.23. The number of nitro groups is 1. The summed E-state index contributed by atoms with van der Waals surface area (Å²) >= 11 is 0. The van der Waals surface area contributed by atoms with E-state index in [4.69, 9.17) is 5.11 Å². The molecule has 0 radical (unpaired) electrons.